The highest BCUT2D eigenvalue weighted by atomic mass is 19.1. The van der Waals surface area contributed by atoms with E-state index in [-0.39, 0.29) is 17.7 Å². The first kappa shape index (κ1) is 14.0. The molecule has 0 fully saturated rings. The molecule has 2 aromatic rings. The van der Waals surface area contributed by atoms with Gasteiger partial charge in [-0.3, -0.25) is 0 Å². The van der Waals surface area contributed by atoms with Gasteiger partial charge >= 0.3 is 5.97 Å². The Labute approximate surface area is 114 Å². The summed E-state index contributed by atoms with van der Waals surface area (Å²) in [5.41, 5.74) is 1.67. The van der Waals surface area contributed by atoms with Crippen LogP contribution in [0.5, 0.6) is 0 Å². The molecular formula is C15H13F2NO2. The molecule has 0 saturated heterocycles. The third-order valence-electron chi connectivity index (χ3n) is 2.89. The number of carboxylic acids is 1. The average molecular weight is 277 g/mol. The lowest BCUT2D eigenvalue weighted by atomic mass is 10.1. The molecule has 0 saturated carbocycles. The number of aromatic carboxylic acids is 1. The second-order valence-corrected chi connectivity index (χ2v) is 4.44. The quantitative estimate of drug-likeness (QED) is 0.898. The number of hydrogen-bond donors (Lipinski definition) is 2. The van der Waals surface area contributed by atoms with Gasteiger partial charge in [0.2, 0.25) is 0 Å². The molecule has 2 aromatic carbocycles. The van der Waals surface area contributed by atoms with Gasteiger partial charge in [-0.05, 0) is 30.7 Å². The first-order valence-corrected chi connectivity index (χ1v) is 5.99. The lowest BCUT2D eigenvalue weighted by Gasteiger charge is -2.11. The Kier molecular flexibility index (Phi) is 3.98. The number of nitrogens with one attached hydrogen (secondary N) is 1. The van der Waals surface area contributed by atoms with Crippen LogP contribution in [0.4, 0.5) is 14.5 Å². The van der Waals surface area contributed by atoms with Gasteiger partial charge in [0.05, 0.1) is 5.56 Å². The molecule has 0 aliphatic rings. The molecule has 0 radical (unpaired) electrons. The van der Waals surface area contributed by atoms with Crippen LogP contribution in [-0.4, -0.2) is 11.1 Å². The van der Waals surface area contributed by atoms with Crippen molar-refractivity contribution in [2.45, 2.75) is 13.5 Å². The second kappa shape index (κ2) is 5.69. The molecule has 0 aromatic heterocycles. The van der Waals surface area contributed by atoms with Crippen molar-refractivity contribution in [3.05, 3.63) is 64.7 Å². The van der Waals surface area contributed by atoms with Crippen LogP contribution in [0.2, 0.25) is 0 Å². The molecule has 0 unspecified atom stereocenters. The largest absolute Gasteiger partial charge is 0.478 e. The van der Waals surface area contributed by atoms with Crippen molar-refractivity contribution in [3.63, 3.8) is 0 Å². The van der Waals surface area contributed by atoms with E-state index in [0.717, 1.165) is 17.7 Å². The average Bonchev–Trinajstić information content (AvgIpc) is 2.37. The summed E-state index contributed by atoms with van der Waals surface area (Å²) in [6, 6.07) is 8.13. The molecule has 0 bridgehead atoms. The van der Waals surface area contributed by atoms with E-state index in [0.29, 0.717) is 5.69 Å². The van der Waals surface area contributed by atoms with Crippen molar-refractivity contribution in [3.8, 4) is 0 Å². The number of rotatable bonds is 4. The maximum absolute atomic E-state index is 13.5. The predicted molar refractivity (Wildman–Crippen MR) is 71.8 cm³/mol. The van der Waals surface area contributed by atoms with Crippen molar-refractivity contribution >= 4 is 11.7 Å². The van der Waals surface area contributed by atoms with Gasteiger partial charge in [-0.15, -0.1) is 0 Å². The number of aryl methyl sites for hydroxylation is 1. The molecule has 104 valence electrons. The fourth-order valence-corrected chi connectivity index (χ4v) is 1.85. The van der Waals surface area contributed by atoms with Crippen LogP contribution in [0.1, 0.15) is 21.5 Å². The van der Waals surface area contributed by atoms with E-state index >= 15 is 0 Å². The van der Waals surface area contributed by atoms with E-state index in [2.05, 4.69) is 5.32 Å². The fraction of sp³-hybridized carbons (Fsp3) is 0.133. The number of halogens is 2. The van der Waals surface area contributed by atoms with E-state index < -0.39 is 17.6 Å². The Morgan fingerprint density at radius 1 is 1.20 bits per heavy atom. The third-order valence-corrected chi connectivity index (χ3v) is 2.89. The molecule has 2 N–H and O–H groups in total. The summed E-state index contributed by atoms with van der Waals surface area (Å²) in [4.78, 5) is 11.1. The standard InChI is InChI=1S/C15H13F2NO2/c1-9-2-5-12(15(19)20)14(6-9)18-8-10-3-4-11(16)7-13(10)17/h2-7,18H,8H2,1H3,(H,19,20). The zero-order chi connectivity index (χ0) is 14.7. The maximum atomic E-state index is 13.5. The zero-order valence-corrected chi connectivity index (χ0v) is 10.8. The summed E-state index contributed by atoms with van der Waals surface area (Å²) in [5, 5.41) is 11.9. The van der Waals surface area contributed by atoms with E-state index in [1.807, 2.05) is 6.92 Å². The van der Waals surface area contributed by atoms with Crippen LogP contribution in [0.25, 0.3) is 0 Å². The summed E-state index contributed by atoms with van der Waals surface area (Å²) in [5.74, 6) is -2.37. The third kappa shape index (κ3) is 3.12. The first-order valence-electron chi connectivity index (χ1n) is 5.99. The number of carboxylic acid groups (broad SMARTS) is 1. The van der Waals surface area contributed by atoms with E-state index in [4.69, 9.17) is 5.11 Å². The topological polar surface area (TPSA) is 49.3 Å². The molecule has 0 atom stereocenters. The molecule has 0 heterocycles. The Bertz CT molecular complexity index is 656. The highest BCUT2D eigenvalue weighted by Crippen LogP contribution is 2.19. The molecule has 20 heavy (non-hydrogen) atoms. The van der Waals surface area contributed by atoms with E-state index in [1.54, 1.807) is 12.1 Å². The molecule has 2 rings (SSSR count). The van der Waals surface area contributed by atoms with Crippen molar-refractivity contribution < 1.29 is 18.7 Å². The molecular weight excluding hydrogens is 264 g/mol. The molecule has 3 nitrogen and oxygen atoms in total. The molecule has 0 aliphatic carbocycles. The lowest BCUT2D eigenvalue weighted by molar-refractivity contribution is 0.0698. The van der Waals surface area contributed by atoms with Crippen molar-refractivity contribution in [2.24, 2.45) is 0 Å². The highest BCUT2D eigenvalue weighted by Gasteiger charge is 2.11. The number of carbonyl (C=O) groups is 1. The van der Waals surface area contributed by atoms with Gasteiger partial charge in [-0.1, -0.05) is 12.1 Å². The number of anilines is 1. The van der Waals surface area contributed by atoms with Crippen LogP contribution in [-0.2, 0) is 6.54 Å². The Morgan fingerprint density at radius 2 is 1.95 bits per heavy atom. The minimum atomic E-state index is -1.06. The highest BCUT2D eigenvalue weighted by molar-refractivity contribution is 5.94. The zero-order valence-electron chi connectivity index (χ0n) is 10.8. The predicted octanol–water partition coefficient (Wildman–Crippen LogP) is 3.58. The molecule has 5 heteroatoms. The van der Waals surface area contributed by atoms with Gasteiger partial charge in [-0.2, -0.15) is 0 Å². The Hall–Kier alpha value is -2.43. The first-order chi connectivity index (χ1) is 9.47. The van der Waals surface area contributed by atoms with Crippen molar-refractivity contribution in [1.82, 2.24) is 0 Å². The van der Waals surface area contributed by atoms with Crippen molar-refractivity contribution in [2.75, 3.05) is 5.32 Å². The van der Waals surface area contributed by atoms with Crippen LogP contribution < -0.4 is 5.32 Å². The van der Waals surface area contributed by atoms with E-state index in [1.165, 1.54) is 12.1 Å². The monoisotopic (exact) mass is 277 g/mol. The van der Waals surface area contributed by atoms with Crippen LogP contribution in [0.15, 0.2) is 36.4 Å². The molecule has 0 spiro atoms. The molecule has 0 aliphatic heterocycles. The van der Waals surface area contributed by atoms with Gasteiger partial charge in [0.15, 0.2) is 0 Å². The van der Waals surface area contributed by atoms with Crippen LogP contribution in [0, 0.1) is 18.6 Å². The van der Waals surface area contributed by atoms with Gasteiger partial charge in [0, 0.05) is 23.9 Å². The number of hydrogen-bond acceptors (Lipinski definition) is 2. The van der Waals surface area contributed by atoms with E-state index in [9.17, 15) is 13.6 Å². The summed E-state index contributed by atoms with van der Waals surface area (Å²) in [7, 11) is 0. The summed E-state index contributed by atoms with van der Waals surface area (Å²) in [6.07, 6.45) is 0. The van der Waals surface area contributed by atoms with Crippen molar-refractivity contribution in [1.29, 1.82) is 0 Å². The summed E-state index contributed by atoms with van der Waals surface area (Å²) < 4.78 is 26.3. The van der Waals surface area contributed by atoms with Crippen LogP contribution >= 0.6 is 0 Å². The smallest absolute Gasteiger partial charge is 0.337 e. The summed E-state index contributed by atoms with van der Waals surface area (Å²) in [6.45, 7) is 1.91. The van der Waals surface area contributed by atoms with Gasteiger partial charge in [-0.25, -0.2) is 13.6 Å². The summed E-state index contributed by atoms with van der Waals surface area (Å²) >= 11 is 0. The number of benzene rings is 2. The normalized spacial score (nSPS) is 10.3. The van der Waals surface area contributed by atoms with Gasteiger partial charge < -0.3 is 10.4 Å². The minimum absolute atomic E-state index is 0.0792. The SMILES string of the molecule is Cc1ccc(C(=O)O)c(NCc2ccc(F)cc2F)c1. The van der Waals surface area contributed by atoms with Gasteiger partial charge in [0.25, 0.3) is 0 Å². The Morgan fingerprint density at radius 3 is 2.60 bits per heavy atom. The second-order valence-electron chi connectivity index (χ2n) is 4.44. The van der Waals surface area contributed by atoms with Crippen LogP contribution in [0.3, 0.4) is 0 Å². The fourth-order valence-electron chi connectivity index (χ4n) is 1.85. The van der Waals surface area contributed by atoms with Gasteiger partial charge in [0.1, 0.15) is 11.6 Å². The molecule has 0 amide bonds. The Balaban J connectivity index is 2.22. The maximum Gasteiger partial charge on any atom is 0.337 e. The minimum Gasteiger partial charge on any atom is -0.478 e. The lowest BCUT2D eigenvalue weighted by Crippen LogP contribution is -2.07.